The molecule has 0 aliphatic heterocycles. The van der Waals surface area contributed by atoms with Crippen LogP contribution in [0.15, 0.2) is 23.2 Å². The maximum absolute atomic E-state index is 12.1. The van der Waals surface area contributed by atoms with Crippen LogP contribution in [0.3, 0.4) is 0 Å². The molecule has 1 amide bonds. The lowest BCUT2D eigenvalue weighted by atomic mass is 10.1. The van der Waals surface area contributed by atoms with Gasteiger partial charge in [0.25, 0.3) is 0 Å². The number of likely N-dealkylation sites (N-methyl/N-ethyl adjacent to an activating group) is 1. The van der Waals surface area contributed by atoms with E-state index in [-0.39, 0.29) is 54.3 Å². The summed E-state index contributed by atoms with van der Waals surface area (Å²) in [5.74, 6) is 1.01. The van der Waals surface area contributed by atoms with Crippen LogP contribution in [0.4, 0.5) is 0 Å². The molecule has 0 bridgehead atoms. The number of amides is 1. The molecule has 1 rings (SSSR count). The first-order chi connectivity index (χ1) is 11.7. The van der Waals surface area contributed by atoms with Crippen molar-refractivity contribution in [3.63, 3.8) is 0 Å². The summed E-state index contributed by atoms with van der Waals surface area (Å²) in [5, 5.41) is 16.2. The van der Waals surface area contributed by atoms with Crippen LogP contribution in [-0.2, 0) is 11.3 Å². The SMILES string of the molecule is CCNC(=NCc1cccc(OC)c1O)N(C)CC(=O)NC(C)(C)C.I. The van der Waals surface area contributed by atoms with Gasteiger partial charge in [-0.15, -0.1) is 24.0 Å². The highest BCUT2D eigenvalue weighted by atomic mass is 127. The van der Waals surface area contributed by atoms with Gasteiger partial charge in [0.15, 0.2) is 17.5 Å². The number of rotatable bonds is 6. The average Bonchev–Trinajstić information content (AvgIpc) is 2.50. The molecule has 1 aromatic rings. The topological polar surface area (TPSA) is 86.2 Å². The molecule has 1 aromatic carbocycles. The van der Waals surface area contributed by atoms with Crippen molar-refractivity contribution < 1.29 is 14.6 Å². The number of phenolic OH excluding ortho intramolecular Hbond substituents is 1. The molecular formula is C18H31IN4O3. The number of methoxy groups -OCH3 is 1. The summed E-state index contributed by atoms with van der Waals surface area (Å²) in [7, 11) is 3.31. The highest BCUT2D eigenvalue weighted by molar-refractivity contribution is 14.0. The monoisotopic (exact) mass is 478 g/mol. The number of halogens is 1. The van der Waals surface area contributed by atoms with E-state index in [2.05, 4.69) is 15.6 Å². The summed E-state index contributed by atoms with van der Waals surface area (Å²) in [6.45, 7) is 8.92. The number of guanidine groups is 1. The minimum absolute atomic E-state index is 0. The van der Waals surface area contributed by atoms with Gasteiger partial charge in [-0.25, -0.2) is 4.99 Å². The zero-order valence-electron chi connectivity index (χ0n) is 16.4. The van der Waals surface area contributed by atoms with E-state index in [0.29, 0.717) is 23.8 Å². The van der Waals surface area contributed by atoms with Crippen molar-refractivity contribution in [2.45, 2.75) is 39.8 Å². The summed E-state index contributed by atoms with van der Waals surface area (Å²) >= 11 is 0. The van der Waals surface area contributed by atoms with Gasteiger partial charge in [-0.3, -0.25) is 4.79 Å². The van der Waals surface area contributed by atoms with Crippen LogP contribution >= 0.6 is 24.0 Å². The van der Waals surface area contributed by atoms with E-state index in [0.717, 1.165) is 0 Å². The number of carbonyl (C=O) groups excluding carboxylic acids is 1. The number of hydrogen-bond acceptors (Lipinski definition) is 4. The van der Waals surface area contributed by atoms with Gasteiger partial charge in [-0.05, 0) is 33.8 Å². The molecule has 0 radical (unpaired) electrons. The van der Waals surface area contributed by atoms with Gasteiger partial charge in [0.2, 0.25) is 5.91 Å². The van der Waals surface area contributed by atoms with Gasteiger partial charge in [0.05, 0.1) is 20.2 Å². The second kappa shape index (κ2) is 11.1. The first kappa shape index (κ1) is 24.3. The van der Waals surface area contributed by atoms with E-state index in [9.17, 15) is 9.90 Å². The molecule has 0 saturated carbocycles. The molecule has 0 atom stereocenters. The highest BCUT2D eigenvalue weighted by Crippen LogP contribution is 2.29. The van der Waals surface area contributed by atoms with Crippen LogP contribution in [0.25, 0.3) is 0 Å². The molecule has 0 aromatic heterocycles. The highest BCUT2D eigenvalue weighted by Gasteiger charge is 2.17. The number of carbonyl (C=O) groups is 1. The molecule has 3 N–H and O–H groups in total. The molecule has 148 valence electrons. The number of aliphatic imine (C=N–C) groups is 1. The quantitative estimate of drug-likeness (QED) is 0.332. The van der Waals surface area contributed by atoms with Gasteiger partial charge >= 0.3 is 0 Å². The second-order valence-electron chi connectivity index (χ2n) is 6.79. The Morgan fingerprint density at radius 1 is 1.35 bits per heavy atom. The lowest BCUT2D eigenvalue weighted by Crippen LogP contribution is -2.48. The fourth-order valence-electron chi connectivity index (χ4n) is 2.24. The van der Waals surface area contributed by atoms with E-state index in [1.165, 1.54) is 7.11 Å². The molecule has 0 saturated heterocycles. The standard InChI is InChI=1S/C18H30N4O3.HI/c1-7-19-17(22(5)12-15(23)21-18(2,3)4)20-11-13-9-8-10-14(25-6)16(13)24;/h8-10,24H,7,11-12H2,1-6H3,(H,19,20)(H,21,23);1H. The average molecular weight is 478 g/mol. The maximum atomic E-state index is 12.1. The number of nitrogens with one attached hydrogen (secondary N) is 2. The molecule has 0 unspecified atom stereocenters. The number of benzene rings is 1. The Balaban J connectivity index is 0.00000625. The second-order valence-corrected chi connectivity index (χ2v) is 6.79. The summed E-state index contributed by atoms with van der Waals surface area (Å²) < 4.78 is 5.11. The van der Waals surface area contributed by atoms with E-state index in [4.69, 9.17) is 4.74 Å². The maximum Gasteiger partial charge on any atom is 0.240 e. The van der Waals surface area contributed by atoms with Crippen LogP contribution in [0.2, 0.25) is 0 Å². The first-order valence-corrected chi connectivity index (χ1v) is 8.33. The molecule has 0 fully saturated rings. The van der Waals surface area contributed by atoms with Gasteiger partial charge in [0, 0.05) is 24.7 Å². The number of hydrogen-bond donors (Lipinski definition) is 3. The molecule has 8 heteroatoms. The van der Waals surface area contributed by atoms with E-state index in [1.807, 2.05) is 27.7 Å². The van der Waals surface area contributed by atoms with Crippen molar-refractivity contribution in [3.8, 4) is 11.5 Å². The van der Waals surface area contributed by atoms with Crippen LogP contribution in [-0.4, -0.2) is 54.7 Å². The van der Waals surface area contributed by atoms with Crippen molar-refractivity contribution in [2.24, 2.45) is 4.99 Å². The Morgan fingerprint density at radius 2 is 2.00 bits per heavy atom. The van der Waals surface area contributed by atoms with E-state index < -0.39 is 0 Å². The van der Waals surface area contributed by atoms with Crippen molar-refractivity contribution in [3.05, 3.63) is 23.8 Å². The van der Waals surface area contributed by atoms with Crippen LogP contribution in [0.1, 0.15) is 33.3 Å². The Labute approximate surface area is 173 Å². The van der Waals surface area contributed by atoms with Gasteiger partial charge in [-0.2, -0.15) is 0 Å². The predicted octanol–water partition coefficient (Wildman–Crippen LogP) is 2.33. The minimum atomic E-state index is -0.278. The fourth-order valence-corrected chi connectivity index (χ4v) is 2.24. The van der Waals surface area contributed by atoms with Gasteiger partial charge < -0.3 is 25.4 Å². The van der Waals surface area contributed by atoms with E-state index in [1.54, 1.807) is 30.1 Å². The molecular weight excluding hydrogens is 447 g/mol. The third-order valence-corrected chi connectivity index (χ3v) is 3.29. The number of aromatic hydroxyl groups is 1. The normalized spacial score (nSPS) is 11.4. The zero-order chi connectivity index (χ0) is 19.0. The molecule has 0 heterocycles. The summed E-state index contributed by atoms with van der Waals surface area (Å²) in [6, 6.07) is 5.28. The molecule has 0 aliphatic carbocycles. The number of phenols is 1. The minimum Gasteiger partial charge on any atom is -0.504 e. The van der Waals surface area contributed by atoms with Crippen molar-refractivity contribution in [1.29, 1.82) is 0 Å². The van der Waals surface area contributed by atoms with E-state index >= 15 is 0 Å². The molecule has 0 spiro atoms. The lowest BCUT2D eigenvalue weighted by Gasteiger charge is -2.25. The van der Waals surface area contributed by atoms with Crippen molar-refractivity contribution in [2.75, 3.05) is 27.2 Å². The van der Waals surface area contributed by atoms with Crippen LogP contribution < -0.4 is 15.4 Å². The van der Waals surface area contributed by atoms with Crippen molar-refractivity contribution >= 4 is 35.8 Å². The Morgan fingerprint density at radius 3 is 2.54 bits per heavy atom. The lowest BCUT2D eigenvalue weighted by molar-refractivity contribution is -0.122. The van der Waals surface area contributed by atoms with Crippen molar-refractivity contribution in [1.82, 2.24) is 15.5 Å². The molecule has 0 aliphatic rings. The number of nitrogens with zero attached hydrogens (tertiary/aromatic N) is 2. The molecule has 26 heavy (non-hydrogen) atoms. The summed E-state index contributed by atoms with van der Waals surface area (Å²) in [4.78, 5) is 18.4. The smallest absolute Gasteiger partial charge is 0.240 e. The molecule has 7 nitrogen and oxygen atoms in total. The van der Waals surface area contributed by atoms with Gasteiger partial charge in [0.1, 0.15) is 0 Å². The van der Waals surface area contributed by atoms with Crippen LogP contribution in [0.5, 0.6) is 11.5 Å². The third-order valence-electron chi connectivity index (χ3n) is 3.29. The zero-order valence-corrected chi connectivity index (χ0v) is 18.8. The third kappa shape index (κ3) is 8.11. The summed E-state index contributed by atoms with van der Waals surface area (Å²) in [5.41, 5.74) is 0.377. The van der Waals surface area contributed by atoms with Crippen LogP contribution in [0, 0.1) is 0 Å². The first-order valence-electron chi connectivity index (χ1n) is 8.33. The number of para-hydroxylation sites is 1. The Kier molecular flexibility index (Phi) is 10.4. The Hall–Kier alpha value is -1.71. The predicted molar refractivity (Wildman–Crippen MR) is 115 cm³/mol. The largest absolute Gasteiger partial charge is 0.504 e. The van der Waals surface area contributed by atoms with Gasteiger partial charge in [-0.1, -0.05) is 12.1 Å². The summed E-state index contributed by atoms with van der Waals surface area (Å²) in [6.07, 6.45) is 0. The number of ether oxygens (including phenoxy) is 1. The fraction of sp³-hybridized carbons (Fsp3) is 0.556. The Bertz CT molecular complexity index is 615.